The molecule has 0 atom stereocenters. The number of benzene rings is 2. The molecule has 37 heavy (non-hydrogen) atoms. The largest absolute Gasteiger partial charge is 0.497 e. The predicted octanol–water partition coefficient (Wildman–Crippen LogP) is 5.35. The zero-order valence-corrected chi connectivity index (χ0v) is 20.8. The molecule has 0 bridgehead atoms. The number of aliphatic imine (C=N–C) groups is 1. The van der Waals surface area contributed by atoms with Gasteiger partial charge in [0.25, 0.3) is 0 Å². The number of carbonyl (C=O) groups is 1. The van der Waals surface area contributed by atoms with E-state index in [-0.39, 0.29) is 23.8 Å². The summed E-state index contributed by atoms with van der Waals surface area (Å²) in [6, 6.07) is 9.70. The molecule has 0 unspecified atom stereocenters. The normalized spacial score (nSPS) is 18.0. The Morgan fingerprint density at radius 1 is 1.22 bits per heavy atom. The number of methoxy groups -OCH3 is 1. The first kappa shape index (κ1) is 25.2. The fourth-order valence-corrected chi connectivity index (χ4v) is 5.64. The minimum absolute atomic E-state index is 0.0194. The minimum Gasteiger partial charge on any atom is -0.497 e. The Morgan fingerprint density at radius 3 is 2.70 bits per heavy atom. The van der Waals surface area contributed by atoms with Gasteiger partial charge in [-0.1, -0.05) is 23.9 Å². The van der Waals surface area contributed by atoms with Crippen molar-refractivity contribution in [1.29, 1.82) is 0 Å². The van der Waals surface area contributed by atoms with E-state index in [2.05, 4.69) is 15.0 Å². The van der Waals surface area contributed by atoms with E-state index in [1.165, 1.54) is 19.2 Å². The molecule has 1 fully saturated rings. The van der Waals surface area contributed by atoms with E-state index in [1.54, 1.807) is 22.6 Å². The van der Waals surface area contributed by atoms with Gasteiger partial charge in [0.1, 0.15) is 5.75 Å². The Morgan fingerprint density at radius 2 is 2.00 bits per heavy atom. The quantitative estimate of drug-likeness (QED) is 0.479. The average Bonchev–Trinajstić information content (AvgIpc) is 3.50. The summed E-state index contributed by atoms with van der Waals surface area (Å²) in [6.07, 6.45) is 0.445. The number of thioether (sulfide) groups is 1. The minimum atomic E-state index is -4.50. The summed E-state index contributed by atoms with van der Waals surface area (Å²) in [7, 11) is 1.34. The van der Waals surface area contributed by atoms with E-state index in [0.717, 1.165) is 32.6 Å². The number of piperidine rings is 1. The Hall–Kier alpha value is -3.47. The van der Waals surface area contributed by atoms with Crippen molar-refractivity contribution in [1.82, 2.24) is 14.7 Å². The second kappa shape index (κ2) is 10.1. The van der Waals surface area contributed by atoms with Gasteiger partial charge in [-0.3, -0.25) is 14.5 Å². The van der Waals surface area contributed by atoms with Crippen LogP contribution in [0.2, 0.25) is 0 Å². The molecule has 5 rings (SSSR count). The van der Waals surface area contributed by atoms with Gasteiger partial charge in [0.15, 0.2) is 5.17 Å². The number of rotatable bonds is 5. The van der Waals surface area contributed by atoms with E-state index in [4.69, 9.17) is 4.74 Å². The first-order chi connectivity index (χ1) is 17.7. The number of alkyl halides is 3. The van der Waals surface area contributed by atoms with Crippen LogP contribution in [-0.2, 0) is 17.5 Å². The molecule has 0 amide bonds. The van der Waals surface area contributed by atoms with Crippen molar-refractivity contribution in [2.24, 2.45) is 10.9 Å². The molecule has 1 saturated heterocycles. The molecular weight excluding hydrogens is 505 g/mol. The van der Waals surface area contributed by atoms with Gasteiger partial charge in [-0.25, -0.2) is 0 Å². The molecule has 1 aromatic heterocycles. The highest BCUT2D eigenvalue weighted by Gasteiger charge is 2.34. The van der Waals surface area contributed by atoms with Crippen molar-refractivity contribution in [2.45, 2.75) is 25.6 Å². The average molecular weight is 531 g/mol. The van der Waals surface area contributed by atoms with Gasteiger partial charge in [-0.15, -0.1) is 0 Å². The molecule has 11 heteroatoms. The van der Waals surface area contributed by atoms with Crippen molar-refractivity contribution < 1.29 is 27.8 Å². The number of carboxylic acid groups (broad SMARTS) is 1. The predicted molar refractivity (Wildman–Crippen MR) is 137 cm³/mol. The maximum Gasteiger partial charge on any atom is 0.416 e. The van der Waals surface area contributed by atoms with Gasteiger partial charge < -0.3 is 14.7 Å². The molecule has 7 nitrogen and oxygen atoms in total. The summed E-state index contributed by atoms with van der Waals surface area (Å²) in [5, 5.41) is 15.3. The van der Waals surface area contributed by atoms with Crippen molar-refractivity contribution in [2.75, 3.05) is 26.7 Å². The van der Waals surface area contributed by atoms with Crippen LogP contribution in [0.25, 0.3) is 17.0 Å². The summed E-state index contributed by atoms with van der Waals surface area (Å²) in [6.45, 7) is 1.92. The first-order valence-corrected chi connectivity index (χ1v) is 12.6. The molecule has 0 radical (unpaired) electrons. The summed E-state index contributed by atoms with van der Waals surface area (Å²) in [5.41, 5.74) is 1.07. The SMILES string of the molecule is COc1ccc(Cn2ncc3cc(/C=C4/CN=C(N5CCC(C(=O)O)CC5)S4)ccc32)c(C(F)(F)F)c1. The van der Waals surface area contributed by atoms with E-state index >= 15 is 0 Å². The van der Waals surface area contributed by atoms with Crippen LogP contribution < -0.4 is 4.74 Å². The third-order valence-corrected chi connectivity index (χ3v) is 7.72. The summed E-state index contributed by atoms with van der Waals surface area (Å²) in [4.78, 5) is 19.0. The Balaban J connectivity index is 1.29. The van der Waals surface area contributed by atoms with Crippen LogP contribution in [0.1, 0.15) is 29.5 Å². The van der Waals surface area contributed by atoms with Crippen LogP contribution in [0.15, 0.2) is 52.5 Å². The van der Waals surface area contributed by atoms with Crippen molar-refractivity contribution in [3.63, 3.8) is 0 Å². The van der Waals surface area contributed by atoms with Gasteiger partial charge in [-0.05, 0) is 54.3 Å². The lowest BCUT2D eigenvalue weighted by molar-refractivity contribution is -0.143. The van der Waals surface area contributed by atoms with Crippen LogP contribution in [0.5, 0.6) is 5.75 Å². The Kier molecular flexibility index (Phi) is 6.89. The van der Waals surface area contributed by atoms with Crippen LogP contribution in [0.4, 0.5) is 13.2 Å². The second-order valence-corrected chi connectivity index (χ2v) is 10.1. The molecule has 2 aliphatic heterocycles. The standard InChI is InChI=1S/C26H25F3N4O3S/c1-36-20-4-3-18(22(12-20)26(27,28)29)15-33-23-5-2-16(10-19(23)13-31-33)11-21-14-30-25(37-21)32-8-6-17(7-9-32)24(34)35/h2-5,10-13,17H,6-9,14-15H2,1H3,(H,34,35)/b21-11-. The number of likely N-dealkylation sites (tertiary alicyclic amines) is 1. The number of fused-ring (bicyclic) bond motifs is 1. The molecule has 2 aliphatic rings. The Labute approximate surface area is 215 Å². The number of carboxylic acids is 1. The molecule has 194 valence electrons. The van der Waals surface area contributed by atoms with E-state index < -0.39 is 17.7 Å². The molecule has 1 N–H and O–H groups in total. The highest BCUT2D eigenvalue weighted by molar-refractivity contribution is 8.17. The third kappa shape index (κ3) is 5.46. The number of amidine groups is 1. The topological polar surface area (TPSA) is 80.0 Å². The van der Waals surface area contributed by atoms with Crippen molar-refractivity contribution in [3.8, 4) is 5.75 Å². The lowest BCUT2D eigenvalue weighted by Crippen LogP contribution is -2.38. The second-order valence-electron chi connectivity index (χ2n) is 9.05. The molecule has 3 aromatic rings. The van der Waals surface area contributed by atoms with E-state index in [9.17, 15) is 23.1 Å². The number of hydrogen-bond acceptors (Lipinski definition) is 6. The van der Waals surface area contributed by atoms with Gasteiger partial charge >= 0.3 is 12.1 Å². The fraction of sp³-hybridized carbons (Fsp3) is 0.346. The monoisotopic (exact) mass is 530 g/mol. The Bertz CT molecular complexity index is 1390. The summed E-state index contributed by atoms with van der Waals surface area (Å²) >= 11 is 1.59. The van der Waals surface area contributed by atoms with Gasteiger partial charge in [0.05, 0.1) is 43.4 Å². The maximum absolute atomic E-state index is 13.6. The number of aliphatic carboxylic acids is 1. The highest BCUT2D eigenvalue weighted by Crippen LogP contribution is 2.35. The number of aromatic nitrogens is 2. The van der Waals surface area contributed by atoms with Gasteiger partial charge in [-0.2, -0.15) is 18.3 Å². The number of halogens is 3. The van der Waals surface area contributed by atoms with Gasteiger partial charge in [0, 0.05) is 23.4 Å². The fourth-order valence-electron chi connectivity index (χ4n) is 4.64. The number of hydrogen-bond donors (Lipinski definition) is 1. The van der Waals surface area contributed by atoms with Crippen LogP contribution in [0, 0.1) is 5.92 Å². The zero-order valence-electron chi connectivity index (χ0n) is 20.0. The lowest BCUT2D eigenvalue weighted by atomic mass is 9.98. The van der Waals surface area contributed by atoms with E-state index in [1.807, 2.05) is 24.3 Å². The van der Waals surface area contributed by atoms with Gasteiger partial charge in [0.2, 0.25) is 0 Å². The zero-order chi connectivity index (χ0) is 26.2. The number of nitrogens with zero attached hydrogens (tertiary/aromatic N) is 4. The smallest absolute Gasteiger partial charge is 0.416 e. The van der Waals surface area contributed by atoms with Crippen LogP contribution in [-0.4, -0.2) is 57.7 Å². The van der Waals surface area contributed by atoms with Crippen LogP contribution >= 0.6 is 11.8 Å². The highest BCUT2D eigenvalue weighted by atomic mass is 32.2. The lowest BCUT2D eigenvalue weighted by Gasteiger charge is -2.30. The van der Waals surface area contributed by atoms with Crippen molar-refractivity contribution in [3.05, 3.63) is 64.2 Å². The molecule has 0 spiro atoms. The van der Waals surface area contributed by atoms with E-state index in [0.29, 0.717) is 32.5 Å². The summed E-state index contributed by atoms with van der Waals surface area (Å²) < 4.78 is 47.4. The third-order valence-electron chi connectivity index (χ3n) is 6.64. The molecule has 2 aromatic carbocycles. The molecule has 0 saturated carbocycles. The van der Waals surface area contributed by atoms with Crippen LogP contribution in [0.3, 0.4) is 0 Å². The molecule has 0 aliphatic carbocycles. The molecular formula is C26H25F3N4O3S. The summed E-state index contributed by atoms with van der Waals surface area (Å²) in [5.74, 6) is -0.860. The number of ether oxygens (including phenoxy) is 1. The van der Waals surface area contributed by atoms with Crippen molar-refractivity contribution >= 4 is 39.9 Å². The molecule has 3 heterocycles. The maximum atomic E-state index is 13.6. The first-order valence-electron chi connectivity index (χ1n) is 11.8.